The van der Waals surface area contributed by atoms with Crippen molar-refractivity contribution in [2.45, 2.75) is 20.8 Å². The maximum atomic E-state index is 12.2. The Morgan fingerprint density at radius 1 is 1.22 bits per heavy atom. The fraction of sp³-hybridized carbons (Fsp3) is 0.294. The van der Waals surface area contributed by atoms with E-state index in [9.17, 15) is 9.59 Å². The van der Waals surface area contributed by atoms with Crippen LogP contribution in [0.5, 0.6) is 5.75 Å². The van der Waals surface area contributed by atoms with E-state index in [4.69, 9.17) is 16.3 Å². The van der Waals surface area contributed by atoms with Gasteiger partial charge in [-0.2, -0.15) is 0 Å². The minimum atomic E-state index is -0.252. The second-order valence-corrected chi connectivity index (χ2v) is 5.68. The molecule has 2 rings (SSSR count). The van der Waals surface area contributed by atoms with Crippen LogP contribution in [0.3, 0.4) is 0 Å². The summed E-state index contributed by atoms with van der Waals surface area (Å²) in [6.07, 6.45) is 0. The molecule has 0 aliphatic rings. The van der Waals surface area contributed by atoms with Crippen molar-refractivity contribution >= 4 is 23.3 Å². The van der Waals surface area contributed by atoms with E-state index >= 15 is 0 Å². The molecule has 0 unspecified atom stereocenters. The first-order chi connectivity index (χ1) is 10.9. The highest BCUT2D eigenvalue weighted by atomic mass is 35.5. The Hall–Kier alpha value is -2.27. The average Bonchev–Trinajstić information content (AvgIpc) is 2.80. The zero-order valence-electron chi connectivity index (χ0n) is 13.3. The van der Waals surface area contributed by atoms with Crippen LogP contribution in [0.2, 0.25) is 5.02 Å². The topological polar surface area (TPSA) is 71.2 Å². The van der Waals surface area contributed by atoms with Crippen molar-refractivity contribution in [3.8, 4) is 5.75 Å². The summed E-state index contributed by atoms with van der Waals surface area (Å²) in [5, 5.41) is 3.41. The summed E-state index contributed by atoms with van der Waals surface area (Å²) in [4.78, 5) is 26.7. The Balaban J connectivity index is 1.89. The second kappa shape index (κ2) is 7.33. The van der Waals surface area contributed by atoms with E-state index in [1.165, 1.54) is 6.92 Å². The molecule has 23 heavy (non-hydrogen) atoms. The van der Waals surface area contributed by atoms with E-state index in [0.717, 1.165) is 0 Å². The molecule has 2 N–H and O–H groups in total. The van der Waals surface area contributed by atoms with Crippen LogP contribution in [0.25, 0.3) is 0 Å². The van der Waals surface area contributed by atoms with Gasteiger partial charge in [0.25, 0.3) is 5.91 Å². The van der Waals surface area contributed by atoms with Crippen LogP contribution >= 0.6 is 11.6 Å². The number of Topliss-reactive ketones (excluding diaryl/α,β-unsaturated/α-hetero) is 1. The van der Waals surface area contributed by atoms with E-state index < -0.39 is 0 Å². The summed E-state index contributed by atoms with van der Waals surface area (Å²) in [6, 6.07) is 7.01. The summed E-state index contributed by atoms with van der Waals surface area (Å²) in [7, 11) is 0. The summed E-state index contributed by atoms with van der Waals surface area (Å²) in [5.74, 6) is 0.383. The van der Waals surface area contributed by atoms with E-state index in [1.54, 1.807) is 38.1 Å². The normalized spacial score (nSPS) is 10.4. The third kappa shape index (κ3) is 4.13. The van der Waals surface area contributed by atoms with Gasteiger partial charge in [0.05, 0.1) is 6.54 Å². The molecule has 0 radical (unpaired) electrons. The third-order valence-corrected chi connectivity index (χ3v) is 3.74. The zero-order valence-corrected chi connectivity index (χ0v) is 14.1. The molecule has 1 aromatic heterocycles. The van der Waals surface area contributed by atoms with Crippen molar-refractivity contribution in [1.82, 2.24) is 10.3 Å². The minimum Gasteiger partial charge on any atom is -0.492 e. The molecule has 0 atom stereocenters. The Kier molecular flexibility index (Phi) is 5.45. The van der Waals surface area contributed by atoms with Gasteiger partial charge in [-0.3, -0.25) is 9.59 Å². The third-order valence-electron chi connectivity index (χ3n) is 3.49. The number of benzene rings is 1. The van der Waals surface area contributed by atoms with Gasteiger partial charge in [-0.1, -0.05) is 11.6 Å². The van der Waals surface area contributed by atoms with E-state index in [0.29, 0.717) is 46.4 Å². The molecule has 6 heteroatoms. The molecule has 0 aliphatic carbocycles. The Labute approximate surface area is 140 Å². The summed E-state index contributed by atoms with van der Waals surface area (Å²) in [6.45, 7) is 5.73. The molecular formula is C17H19ClN2O3. The molecule has 0 aliphatic heterocycles. The maximum Gasteiger partial charge on any atom is 0.268 e. The predicted octanol–water partition coefficient (Wildman–Crippen LogP) is 3.30. The lowest BCUT2D eigenvalue weighted by atomic mass is 10.1. The van der Waals surface area contributed by atoms with Gasteiger partial charge >= 0.3 is 0 Å². The molecule has 5 nitrogen and oxygen atoms in total. The molecule has 122 valence electrons. The number of nitrogens with one attached hydrogen (secondary N) is 2. The van der Waals surface area contributed by atoms with Crippen molar-refractivity contribution in [3.63, 3.8) is 0 Å². The lowest BCUT2D eigenvalue weighted by Crippen LogP contribution is -2.28. The number of aryl methyl sites for hydroxylation is 1. The smallest absolute Gasteiger partial charge is 0.268 e. The number of aromatic nitrogens is 1. The van der Waals surface area contributed by atoms with Crippen LogP contribution in [0, 0.1) is 13.8 Å². The molecule has 2 aromatic rings. The first kappa shape index (κ1) is 17.1. The molecule has 0 saturated heterocycles. The van der Waals surface area contributed by atoms with Crippen LogP contribution in [0.1, 0.15) is 39.0 Å². The highest BCUT2D eigenvalue weighted by molar-refractivity contribution is 6.30. The fourth-order valence-corrected chi connectivity index (χ4v) is 2.58. The summed E-state index contributed by atoms with van der Waals surface area (Å²) in [5.41, 5.74) is 2.37. The number of H-pyrrole nitrogens is 1. The number of halogens is 1. The van der Waals surface area contributed by atoms with E-state index in [-0.39, 0.29) is 11.7 Å². The van der Waals surface area contributed by atoms with Gasteiger partial charge < -0.3 is 15.0 Å². The standard InChI is InChI=1S/C17H19ClN2O3/c1-10-15(12(3)21)11(2)20-16(10)17(22)19-8-9-23-14-6-4-13(18)5-7-14/h4-7,20H,8-9H2,1-3H3,(H,19,22). The number of hydrogen-bond donors (Lipinski definition) is 2. The molecule has 0 spiro atoms. The number of ether oxygens (including phenoxy) is 1. The monoisotopic (exact) mass is 334 g/mol. The maximum absolute atomic E-state index is 12.2. The molecule has 0 bridgehead atoms. The number of aromatic amines is 1. The quantitative estimate of drug-likeness (QED) is 0.629. The molecule has 1 amide bonds. The molecule has 0 fully saturated rings. The molecule has 0 saturated carbocycles. The second-order valence-electron chi connectivity index (χ2n) is 5.24. The van der Waals surface area contributed by atoms with Gasteiger partial charge in [0.1, 0.15) is 18.1 Å². The van der Waals surface area contributed by atoms with Crippen molar-refractivity contribution < 1.29 is 14.3 Å². The van der Waals surface area contributed by atoms with Gasteiger partial charge in [0.2, 0.25) is 0 Å². The first-order valence-electron chi connectivity index (χ1n) is 7.26. The molecular weight excluding hydrogens is 316 g/mol. The summed E-state index contributed by atoms with van der Waals surface area (Å²) >= 11 is 5.79. The van der Waals surface area contributed by atoms with E-state index in [1.807, 2.05) is 0 Å². The number of rotatable bonds is 6. The molecule has 1 heterocycles. The highest BCUT2D eigenvalue weighted by Gasteiger charge is 2.19. The van der Waals surface area contributed by atoms with Crippen molar-refractivity contribution in [3.05, 3.63) is 51.8 Å². The van der Waals surface area contributed by atoms with E-state index in [2.05, 4.69) is 10.3 Å². The van der Waals surface area contributed by atoms with Gasteiger partial charge in [-0.25, -0.2) is 0 Å². The number of amides is 1. The largest absolute Gasteiger partial charge is 0.492 e. The lowest BCUT2D eigenvalue weighted by Gasteiger charge is -2.08. The van der Waals surface area contributed by atoms with Crippen LogP contribution < -0.4 is 10.1 Å². The average molecular weight is 335 g/mol. The van der Waals surface area contributed by atoms with Gasteiger partial charge in [-0.15, -0.1) is 0 Å². The van der Waals surface area contributed by atoms with Crippen LogP contribution in [-0.2, 0) is 0 Å². The number of hydrogen-bond acceptors (Lipinski definition) is 3. The van der Waals surface area contributed by atoms with Crippen molar-refractivity contribution in [2.24, 2.45) is 0 Å². The van der Waals surface area contributed by atoms with Gasteiger partial charge in [-0.05, 0) is 50.6 Å². The Morgan fingerprint density at radius 3 is 2.43 bits per heavy atom. The van der Waals surface area contributed by atoms with Crippen molar-refractivity contribution in [2.75, 3.05) is 13.2 Å². The Morgan fingerprint density at radius 2 is 1.87 bits per heavy atom. The summed E-state index contributed by atoms with van der Waals surface area (Å²) < 4.78 is 5.51. The minimum absolute atomic E-state index is 0.0543. The van der Waals surface area contributed by atoms with Crippen LogP contribution in [-0.4, -0.2) is 29.8 Å². The number of ketones is 1. The van der Waals surface area contributed by atoms with Crippen molar-refractivity contribution in [1.29, 1.82) is 0 Å². The van der Waals surface area contributed by atoms with Crippen LogP contribution in [0.4, 0.5) is 0 Å². The molecule has 1 aromatic carbocycles. The zero-order chi connectivity index (χ0) is 17.0. The van der Waals surface area contributed by atoms with Gasteiger partial charge in [0.15, 0.2) is 5.78 Å². The first-order valence-corrected chi connectivity index (χ1v) is 7.64. The van der Waals surface area contributed by atoms with Gasteiger partial charge in [0, 0.05) is 16.3 Å². The highest BCUT2D eigenvalue weighted by Crippen LogP contribution is 2.18. The number of carbonyl (C=O) groups is 2. The lowest BCUT2D eigenvalue weighted by molar-refractivity contribution is 0.0941. The fourth-order valence-electron chi connectivity index (χ4n) is 2.46. The SMILES string of the molecule is CC(=O)c1c(C)[nH]c(C(=O)NCCOc2ccc(Cl)cc2)c1C. The number of carbonyl (C=O) groups excluding carboxylic acids is 2. The predicted molar refractivity (Wildman–Crippen MR) is 89.6 cm³/mol. The Bertz CT molecular complexity index is 720. The van der Waals surface area contributed by atoms with Crippen LogP contribution in [0.15, 0.2) is 24.3 Å².